The molecular weight excluding hydrogens is 493 g/mol. The molecule has 1 saturated heterocycles. The summed E-state index contributed by atoms with van der Waals surface area (Å²) in [6.07, 6.45) is 2.19. The van der Waals surface area contributed by atoms with Crippen molar-refractivity contribution in [2.75, 3.05) is 52.9 Å². The van der Waals surface area contributed by atoms with Crippen molar-refractivity contribution in [1.82, 2.24) is 20.4 Å². The predicted octanol–water partition coefficient (Wildman–Crippen LogP) is 2.87. The van der Waals surface area contributed by atoms with E-state index in [1.807, 2.05) is 24.0 Å². The zero-order valence-electron chi connectivity index (χ0n) is 18.8. The van der Waals surface area contributed by atoms with Crippen molar-refractivity contribution in [1.29, 1.82) is 0 Å². The third-order valence-corrected chi connectivity index (χ3v) is 5.37. The quantitative estimate of drug-likeness (QED) is 0.276. The Morgan fingerprint density at radius 1 is 1.20 bits per heavy atom. The molecule has 0 aliphatic carbocycles. The number of halogens is 1. The highest BCUT2D eigenvalue weighted by Crippen LogP contribution is 2.23. The summed E-state index contributed by atoms with van der Waals surface area (Å²) in [4.78, 5) is 21.2. The smallest absolute Gasteiger partial charge is 0.244 e. The number of rotatable bonds is 10. The lowest BCUT2D eigenvalue weighted by Crippen LogP contribution is -2.43. The molecule has 1 atom stereocenters. The standard InChI is InChI=1S/C22H37N5O2.HI/c1-5-23-22(25-17-21(28)27-13-8-9-14-27)24-16-20(26(6-2)7-3)18-11-10-12-19(15-18)29-4;/h10-12,15,20H,5-9,13-14,16-17H2,1-4H3,(H2,23,24,25);1H. The molecule has 30 heavy (non-hydrogen) atoms. The Hall–Kier alpha value is -1.55. The van der Waals surface area contributed by atoms with Gasteiger partial charge < -0.3 is 20.3 Å². The van der Waals surface area contributed by atoms with E-state index >= 15 is 0 Å². The number of likely N-dealkylation sites (N-methyl/N-ethyl adjacent to an activating group) is 1. The van der Waals surface area contributed by atoms with Gasteiger partial charge in [0.2, 0.25) is 5.91 Å². The lowest BCUT2D eigenvalue weighted by Gasteiger charge is -2.31. The number of aliphatic imine (C=N–C) groups is 1. The van der Waals surface area contributed by atoms with Gasteiger partial charge in [-0.1, -0.05) is 26.0 Å². The molecule has 0 bridgehead atoms. The molecule has 0 saturated carbocycles. The maximum absolute atomic E-state index is 12.3. The second-order valence-corrected chi connectivity index (χ2v) is 7.18. The van der Waals surface area contributed by atoms with Gasteiger partial charge in [-0.25, -0.2) is 4.99 Å². The van der Waals surface area contributed by atoms with Crippen LogP contribution in [0.1, 0.15) is 45.2 Å². The molecule has 0 radical (unpaired) electrons. The molecule has 0 aromatic heterocycles. The van der Waals surface area contributed by atoms with Gasteiger partial charge >= 0.3 is 0 Å². The van der Waals surface area contributed by atoms with Crippen LogP contribution < -0.4 is 15.4 Å². The number of likely N-dealkylation sites (tertiary alicyclic amines) is 1. The Morgan fingerprint density at radius 3 is 2.50 bits per heavy atom. The summed E-state index contributed by atoms with van der Waals surface area (Å²) in [6, 6.07) is 8.39. The zero-order chi connectivity index (χ0) is 21.1. The van der Waals surface area contributed by atoms with Gasteiger partial charge in [0.15, 0.2) is 5.96 Å². The number of methoxy groups -OCH3 is 1. The van der Waals surface area contributed by atoms with Crippen LogP contribution in [-0.2, 0) is 4.79 Å². The van der Waals surface area contributed by atoms with Crippen molar-refractivity contribution in [3.8, 4) is 5.75 Å². The van der Waals surface area contributed by atoms with Crippen molar-refractivity contribution in [2.24, 2.45) is 4.99 Å². The van der Waals surface area contributed by atoms with E-state index in [1.165, 1.54) is 5.56 Å². The number of hydrogen-bond donors (Lipinski definition) is 2. The van der Waals surface area contributed by atoms with Gasteiger partial charge in [-0.2, -0.15) is 0 Å². The Kier molecular flexibility index (Phi) is 12.8. The van der Waals surface area contributed by atoms with Crippen LogP contribution in [0.5, 0.6) is 5.75 Å². The number of nitrogens with one attached hydrogen (secondary N) is 2. The molecule has 1 aliphatic rings. The number of carbonyl (C=O) groups is 1. The lowest BCUT2D eigenvalue weighted by atomic mass is 10.0. The highest BCUT2D eigenvalue weighted by molar-refractivity contribution is 14.0. The van der Waals surface area contributed by atoms with E-state index in [0.29, 0.717) is 12.5 Å². The van der Waals surface area contributed by atoms with Gasteiger partial charge in [0, 0.05) is 26.2 Å². The topological polar surface area (TPSA) is 69.2 Å². The molecule has 8 heteroatoms. The lowest BCUT2D eigenvalue weighted by molar-refractivity contribution is -0.128. The molecule has 2 N–H and O–H groups in total. The number of hydrogen-bond acceptors (Lipinski definition) is 4. The molecule has 1 heterocycles. The number of amides is 1. The van der Waals surface area contributed by atoms with E-state index in [1.54, 1.807) is 7.11 Å². The highest BCUT2D eigenvalue weighted by atomic mass is 127. The van der Waals surface area contributed by atoms with E-state index in [9.17, 15) is 4.79 Å². The summed E-state index contributed by atoms with van der Waals surface area (Å²) in [5.41, 5.74) is 1.20. The minimum atomic E-state index is 0. The predicted molar refractivity (Wildman–Crippen MR) is 134 cm³/mol. The summed E-state index contributed by atoms with van der Waals surface area (Å²) in [7, 11) is 1.69. The average molecular weight is 531 g/mol. The van der Waals surface area contributed by atoms with Gasteiger partial charge in [0.1, 0.15) is 12.3 Å². The Bertz CT molecular complexity index is 661. The largest absolute Gasteiger partial charge is 0.497 e. The maximum Gasteiger partial charge on any atom is 0.244 e. The van der Waals surface area contributed by atoms with Gasteiger partial charge in [-0.3, -0.25) is 9.69 Å². The Balaban J connectivity index is 0.00000450. The van der Waals surface area contributed by atoms with Crippen LogP contribution in [0.25, 0.3) is 0 Å². The first kappa shape index (κ1) is 26.5. The molecule has 0 spiro atoms. The fourth-order valence-corrected chi connectivity index (χ4v) is 3.72. The van der Waals surface area contributed by atoms with Crippen LogP contribution >= 0.6 is 24.0 Å². The van der Waals surface area contributed by atoms with Crippen LogP contribution in [0.2, 0.25) is 0 Å². The molecule has 7 nitrogen and oxygen atoms in total. The van der Waals surface area contributed by atoms with E-state index in [0.717, 1.165) is 51.3 Å². The fraction of sp³-hybridized carbons (Fsp3) is 0.636. The first-order chi connectivity index (χ1) is 14.1. The monoisotopic (exact) mass is 531 g/mol. The normalized spacial score (nSPS) is 15.0. The van der Waals surface area contributed by atoms with E-state index in [4.69, 9.17) is 4.74 Å². The molecule has 1 fully saturated rings. The molecule has 1 unspecified atom stereocenters. The summed E-state index contributed by atoms with van der Waals surface area (Å²) in [5.74, 6) is 1.64. The van der Waals surface area contributed by atoms with Crippen molar-refractivity contribution < 1.29 is 9.53 Å². The third kappa shape index (κ3) is 7.94. The summed E-state index contributed by atoms with van der Waals surface area (Å²) in [5, 5.41) is 6.70. The summed E-state index contributed by atoms with van der Waals surface area (Å²) >= 11 is 0. The summed E-state index contributed by atoms with van der Waals surface area (Å²) < 4.78 is 5.41. The van der Waals surface area contributed by atoms with Crippen molar-refractivity contribution >= 4 is 35.8 Å². The van der Waals surface area contributed by atoms with Crippen LogP contribution in [0.15, 0.2) is 29.3 Å². The van der Waals surface area contributed by atoms with E-state index in [-0.39, 0.29) is 42.5 Å². The molecular formula is C22H38IN5O2. The number of benzene rings is 1. The molecule has 2 rings (SSSR count). The first-order valence-corrected chi connectivity index (χ1v) is 10.8. The zero-order valence-corrected chi connectivity index (χ0v) is 21.1. The minimum Gasteiger partial charge on any atom is -0.497 e. The van der Waals surface area contributed by atoms with Crippen LogP contribution in [0.4, 0.5) is 0 Å². The van der Waals surface area contributed by atoms with Gasteiger partial charge in [0.25, 0.3) is 0 Å². The second-order valence-electron chi connectivity index (χ2n) is 7.18. The summed E-state index contributed by atoms with van der Waals surface area (Å²) in [6.45, 7) is 11.6. The van der Waals surface area contributed by atoms with Gasteiger partial charge in [0.05, 0.1) is 13.2 Å². The molecule has 1 amide bonds. The van der Waals surface area contributed by atoms with Crippen LogP contribution in [0, 0.1) is 0 Å². The number of guanidine groups is 1. The second kappa shape index (κ2) is 14.5. The number of carbonyl (C=O) groups excluding carboxylic acids is 1. The third-order valence-electron chi connectivity index (χ3n) is 5.37. The number of nitrogens with zero attached hydrogens (tertiary/aromatic N) is 3. The maximum atomic E-state index is 12.3. The molecule has 170 valence electrons. The number of ether oxygens (including phenoxy) is 1. The van der Waals surface area contributed by atoms with Crippen LogP contribution in [0.3, 0.4) is 0 Å². The SMILES string of the molecule is CCNC(=NCC(=O)N1CCCC1)NCC(c1cccc(OC)c1)N(CC)CC.I. The van der Waals surface area contributed by atoms with Crippen molar-refractivity contribution in [2.45, 2.75) is 39.7 Å². The molecule has 1 aromatic rings. The van der Waals surface area contributed by atoms with Crippen LogP contribution in [-0.4, -0.2) is 74.6 Å². The van der Waals surface area contributed by atoms with Crippen molar-refractivity contribution in [3.63, 3.8) is 0 Å². The minimum absolute atomic E-state index is 0. The average Bonchev–Trinajstić information content (AvgIpc) is 3.29. The van der Waals surface area contributed by atoms with E-state index < -0.39 is 0 Å². The van der Waals surface area contributed by atoms with Gasteiger partial charge in [-0.05, 0) is 50.6 Å². The fourth-order valence-electron chi connectivity index (χ4n) is 3.72. The highest BCUT2D eigenvalue weighted by Gasteiger charge is 2.20. The first-order valence-electron chi connectivity index (χ1n) is 10.8. The Morgan fingerprint density at radius 2 is 1.90 bits per heavy atom. The van der Waals surface area contributed by atoms with Gasteiger partial charge in [-0.15, -0.1) is 24.0 Å². The molecule has 1 aromatic carbocycles. The van der Waals surface area contributed by atoms with E-state index in [2.05, 4.69) is 46.5 Å². The molecule has 1 aliphatic heterocycles. The Labute approximate surface area is 198 Å². The van der Waals surface area contributed by atoms with Crippen molar-refractivity contribution in [3.05, 3.63) is 29.8 Å².